The van der Waals surface area contributed by atoms with Gasteiger partial charge in [-0.1, -0.05) is 38.1 Å². The first-order valence-corrected chi connectivity index (χ1v) is 12.1. The van der Waals surface area contributed by atoms with Gasteiger partial charge in [-0.2, -0.15) is 0 Å². The molecule has 0 saturated carbocycles. The van der Waals surface area contributed by atoms with Crippen molar-refractivity contribution >= 4 is 11.9 Å². The Morgan fingerprint density at radius 3 is 2.41 bits per heavy atom. The van der Waals surface area contributed by atoms with Gasteiger partial charge >= 0.3 is 6.03 Å². The fourth-order valence-corrected chi connectivity index (χ4v) is 4.98. The molecule has 1 heterocycles. The van der Waals surface area contributed by atoms with Crippen molar-refractivity contribution in [3.63, 3.8) is 0 Å². The lowest BCUT2D eigenvalue weighted by Crippen LogP contribution is -2.54. The third kappa shape index (κ3) is 4.98. The minimum Gasteiger partial charge on any atom is -0.493 e. The van der Waals surface area contributed by atoms with Gasteiger partial charge in [0, 0.05) is 13.1 Å². The molecule has 0 spiro atoms. The van der Waals surface area contributed by atoms with Crippen LogP contribution in [0.3, 0.4) is 0 Å². The third-order valence-corrected chi connectivity index (χ3v) is 6.92. The van der Waals surface area contributed by atoms with Crippen molar-refractivity contribution in [1.29, 1.82) is 0 Å². The number of benzene rings is 2. The van der Waals surface area contributed by atoms with E-state index in [1.54, 1.807) is 19.1 Å². The first-order valence-electron chi connectivity index (χ1n) is 12.1. The summed E-state index contributed by atoms with van der Waals surface area (Å²) in [6, 6.07) is 11.4. The second-order valence-electron chi connectivity index (χ2n) is 9.47. The smallest absolute Gasteiger partial charge is 0.318 e. The number of hydrogen-bond donors (Lipinski definition) is 2. The predicted octanol–water partition coefficient (Wildman–Crippen LogP) is 3.99. The van der Waals surface area contributed by atoms with Crippen molar-refractivity contribution in [2.24, 2.45) is 5.92 Å². The molecule has 4 rings (SSSR count). The predicted molar refractivity (Wildman–Crippen MR) is 131 cm³/mol. The number of nitrogens with zero attached hydrogens (tertiary/aromatic N) is 1. The summed E-state index contributed by atoms with van der Waals surface area (Å²) in [6.45, 7) is 4.96. The number of rotatable bonds is 6. The summed E-state index contributed by atoms with van der Waals surface area (Å²) in [5.74, 6) is 1.17. The number of urea groups is 1. The van der Waals surface area contributed by atoms with E-state index in [9.17, 15) is 9.59 Å². The van der Waals surface area contributed by atoms with Crippen LogP contribution in [0.4, 0.5) is 4.79 Å². The number of ether oxygens (including phenoxy) is 2. The fourth-order valence-electron chi connectivity index (χ4n) is 4.98. The molecule has 0 unspecified atom stereocenters. The SMILES string of the molecule is COc1cc2c(cc1OC)CN(C(=O)N[C@@H](C(=O)N[C@@H]1CCCc3ccccc31)C(C)C)CC2. The molecule has 0 radical (unpaired) electrons. The van der Waals surface area contributed by atoms with Crippen LogP contribution in [0.25, 0.3) is 0 Å². The highest BCUT2D eigenvalue weighted by Gasteiger charge is 2.31. The number of amides is 3. The normalized spacial score (nSPS) is 17.9. The summed E-state index contributed by atoms with van der Waals surface area (Å²) in [4.78, 5) is 28.2. The molecule has 182 valence electrons. The second kappa shape index (κ2) is 10.4. The molecule has 0 saturated heterocycles. The van der Waals surface area contributed by atoms with Crippen molar-refractivity contribution in [2.75, 3.05) is 20.8 Å². The molecular weight excluding hydrogens is 430 g/mol. The Hall–Kier alpha value is -3.22. The van der Waals surface area contributed by atoms with E-state index >= 15 is 0 Å². The number of hydrogen-bond acceptors (Lipinski definition) is 4. The fraction of sp³-hybridized carbons (Fsp3) is 0.481. The number of fused-ring (bicyclic) bond motifs is 2. The van der Waals surface area contributed by atoms with E-state index in [4.69, 9.17) is 9.47 Å². The van der Waals surface area contributed by atoms with Gasteiger partial charge < -0.3 is 25.0 Å². The van der Waals surface area contributed by atoms with Crippen LogP contribution >= 0.6 is 0 Å². The van der Waals surface area contributed by atoms with Crippen LogP contribution in [-0.4, -0.2) is 43.6 Å². The average Bonchev–Trinajstić information content (AvgIpc) is 2.85. The highest BCUT2D eigenvalue weighted by Crippen LogP contribution is 2.33. The molecule has 2 aliphatic rings. The molecule has 2 atom stereocenters. The van der Waals surface area contributed by atoms with Crippen LogP contribution in [0, 0.1) is 5.92 Å². The van der Waals surface area contributed by atoms with E-state index in [1.807, 2.05) is 38.1 Å². The molecule has 34 heavy (non-hydrogen) atoms. The summed E-state index contributed by atoms with van der Waals surface area (Å²) in [7, 11) is 3.23. The van der Waals surface area contributed by atoms with Crippen molar-refractivity contribution in [3.05, 3.63) is 58.7 Å². The Bertz CT molecular complexity index is 1050. The van der Waals surface area contributed by atoms with E-state index < -0.39 is 6.04 Å². The van der Waals surface area contributed by atoms with E-state index in [-0.39, 0.29) is 23.9 Å². The van der Waals surface area contributed by atoms with Crippen LogP contribution in [0.15, 0.2) is 36.4 Å². The molecular formula is C27H35N3O4. The highest BCUT2D eigenvalue weighted by molar-refractivity contribution is 5.87. The van der Waals surface area contributed by atoms with Crippen molar-refractivity contribution in [3.8, 4) is 11.5 Å². The number of carbonyl (C=O) groups is 2. The maximum Gasteiger partial charge on any atom is 0.318 e. The van der Waals surface area contributed by atoms with Crippen LogP contribution < -0.4 is 20.1 Å². The third-order valence-electron chi connectivity index (χ3n) is 6.92. The molecule has 3 amide bonds. The molecule has 1 aliphatic heterocycles. The number of nitrogens with one attached hydrogen (secondary N) is 2. The molecule has 7 nitrogen and oxygen atoms in total. The molecule has 0 bridgehead atoms. The molecule has 1 aliphatic carbocycles. The topological polar surface area (TPSA) is 79.9 Å². The zero-order chi connectivity index (χ0) is 24.2. The Labute approximate surface area is 201 Å². The van der Waals surface area contributed by atoms with E-state index in [0.717, 1.165) is 36.8 Å². The van der Waals surface area contributed by atoms with Gasteiger partial charge in [-0.3, -0.25) is 4.79 Å². The van der Waals surface area contributed by atoms with Crippen LogP contribution in [-0.2, 0) is 24.2 Å². The molecule has 2 aromatic rings. The van der Waals surface area contributed by atoms with Crippen LogP contribution in [0.1, 0.15) is 55.0 Å². The minimum atomic E-state index is -0.603. The van der Waals surface area contributed by atoms with Crippen molar-refractivity contribution < 1.29 is 19.1 Å². The monoisotopic (exact) mass is 465 g/mol. The Balaban J connectivity index is 1.43. The molecule has 2 N–H and O–H groups in total. The standard InChI is InChI=1S/C27H35N3O4/c1-17(2)25(26(31)28-22-11-7-9-18-8-5-6-10-21(18)22)29-27(32)30-13-12-19-14-23(33-3)24(34-4)15-20(19)16-30/h5-6,8,10,14-15,17,22,25H,7,9,11-13,16H2,1-4H3,(H,28,31)(H,29,32)/t22-,25-/m1/s1. The number of methoxy groups -OCH3 is 2. The average molecular weight is 466 g/mol. The van der Waals surface area contributed by atoms with Crippen LogP contribution in [0.5, 0.6) is 11.5 Å². The minimum absolute atomic E-state index is 0.0140. The van der Waals surface area contributed by atoms with Gasteiger partial charge in [0.05, 0.1) is 20.3 Å². The maximum atomic E-state index is 13.3. The van der Waals surface area contributed by atoms with Gasteiger partial charge in [-0.05, 0) is 66.0 Å². The molecule has 0 fully saturated rings. The Morgan fingerprint density at radius 1 is 1.00 bits per heavy atom. The highest BCUT2D eigenvalue weighted by atomic mass is 16.5. The molecule has 7 heteroatoms. The van der Waals surface area contributed by atoms with E-state index in [1.165, 1.54) is 11.1 Å². The van der Waals surface area contributed by atoms with Gasteiger partial charge in [-0.25, -0.2) is 4.79 Å². The first kappa shape index (κ1) is 23.9. The first-order chi connectivity index (χ1) is 16.4. The quantitative estimate of drug-likeness (QED) is 0.676. The summed E-state index contributed by atoms with van der Waals surface area (Å²) in [5, 5.41) is 6.21. The zero-order valence-corrected chi connectivity index (χ0v) is 20.5. The number of aryl methyl sites for hydroxylation is 1. The summed E-state index contributed by atoms with van der Waals surface area (Å²) >= 11 is 0. The van der Waals surface area contributed by atoms with Crippen LogP contribution in [0.2, 0.25) is 0 Å². The van der Waals surface area contributed by atoms with Crippen molar-refractivity contribution in [2.45, 2.75) is 58.2 Å². The lowest BCUT2D eigenvalue weighted by Gasteiger charge is -2.33. The van der Waals surface area contributed by atoms with Crippen molar-refractivity contribution in [1.82, 2.24) is 15.5 Å². The van der Waals surface area contributed by atoms with Gasteiger partial charge in [0.2, 0.25) is 5.91 Å². The second-order valence-corrected chi connectivity index (χ2v) is 9.47. The Morgan fingerprint density at radius 2 is 1.71 bits per heavy atom. The van der Waals surface area contributed by atoms with Gasteiger partial charge in [-0.15, -0.1) is 0 Å². The van der Waals surface area contributed by atoms with Gasteiger partial charge in [0.25, 0.3) is 0 Å². The lowest BCUT2D eigenvalue weighted by molar-refractivity contribution is -0.124. The summed E-state index contributed by atoms with van der Waals surface area (Å²) < 4.78 is 10.8. The van der Waals surface area contributed by atoms with E-state index in [2.05, 4.69) is 22.8 Å². The lowest BCUT2D eigenvalue weighted by atomic mass is 9.87. The Kier molecular flexibility index (Phi) is 7.29. The zero-order valence-electron chi connectivity index (χ0n) is 20.5. The number of carbonyl (C=O) groups excluding carboxylic acids is 2. The molecule has 2 aromatic carbocycles. The maximum absolute atomic E-state index is 13.3. The summed E-state index contributed by atoms with van der Waals surface area (Å²) in [5.41, 5.74) is 4.66. The van der Waals surface area contributed by atoms with Gasteiger partial charge in [0.15, 0.2) is 11.5 Å². The molecule has 0 aromatic heterocycles. The summed E-state index contributed by atoms with van der Waals surface area (Å²) in [6.07, 6.45) is 3.72. The van der Waals surface area contributed by atoms with E-state index in [0.29, 0.717) is 24.6 Å². The largest absolute Gasteiger partial charge is 0.493 e. The van der Waals surface area contributed by atoms with Gasteiger partial charge in [0.1, 0.15) is 6.04 Å².